The number of methoxy groups -OCH3 is 2. The van der Waals surface area contributed by atoms with Crippen molar-refractivity contribution >= 4 is 27.8 Å². The van der Waals surface area contributed by atoms with Gasteiger partial charge >= 0.3 is 6.09 Å². The first-order valence-electron chi connectivity index (χ1n) is 16.1. The van der Waals surface area contributed by atoms with Gasteiger partial charge in [0.25, 0.3) is 10.1 Å². The quantitative estimate of drug-likeness (QED) is 0.220. The predicted molar refractivity (Wildman–Crippen MR) is 180 cm³/mol. The van der Waals surface area contributed by atoms with Crippen molar-refractivity contribution in [2.75, 3.05) is 71.4 Å². The molecule has 0 aromatic heterocycles. The van der Waals surface area contributed by atoms with Gasteiger partial charge in [0.15, 0.2) is 0 Å². The van der Waals surface area contributed by atoms with Crippen molar-refractivity contribution in [3.05, 3.63) is 53.6 Å². The Morgan fingerprint density at radius 2 is 1.83 bits per heavy atom. The molecule has 1 fully saturated rings. The first-order chi connectivity index (χ1) is 22.7. The molecule has 13 nitrogen and oxygen atoms in total. The summed E-state index contributed by atoms with van der Waals surface area (Å²) in [5, 5.41) is 13.3. The normalized spacial score (nSPS) is 21.3. The van der Waals surface area contributed by atoms with E-state index >= 15 is 0 Å². The van der Waals surface area contributed by atoms with E-state index in [1.165, 1.54) is 4.90 Å². The number of benzene rings is 2. The summed E-state index contributed by atoms with van der Waals surface area (Å²) in [6.45, 7) is 8.44. The van der Waals surface area contributed by atoms with E-state index in [0.717, 1.165) is 48.3 Å². The van der Waals surface area contributed by atoms with E-state index in [1.807, 2.05) is 57.2 Å². The topological polar surface area (TPSA) is 153 Å². The van der Waals surface area contributed by atoms with Crippen molar-refractivity contribution in [2.45, 2.75) is 51.9 Å². The van der Waals surface area contributed by atoms with Crippen LogP contribution in [0, 0.1) is 11.3 Å². The Morgan fingerprint density at radius 3 is 2.46 bits per heavy atom. The Morgan fingerprint density at radius 1 is 1.10 bits per heavy atom. The summed E-state index contributed by atoms with van der Waals surface area (Å²) in [4.78, 5) is 29.2. The molecule has 0 radical (unpaired) electrons. The maximum absolute atomic E-state index is 12.8. The molecule has 2 heterocycles. The number of rotatable bonds is 14. The van der Waals surface area contributed by atoms with Crippen LogP contribution in [0.4, 0.5) is 10.5 Å². The summed E-state index contributed by atoms with van der Waals surface area (Å²) >= 11 is 0. The third-order valence-corrected chi connectivity index (χ3v) is 9.32. The third-order valence-electron chi connectivity index (χ3n) is 8.78. The lowest BCUT2D eigenvalue weighted by atomic mass is 9.66. The van der Waals surface area contributed by atoms with Gasteiger partial charge in [0.2, 0.25) is 5.91 Å². The van der Waals surface area contributed by atoms with Gasteiger partial charge < -0.3 is 39.2 Å². The molecule has 2 aliphatic rings. The van der Waals surface area contributed by atoms with E-state index in [-0.39, 0.29) is 25.6 Å². The van der Waals surface area contributed by atoms with Crippen molar-refractivity contribution in [1.82, 2.24) is 10.2 Å². The minimum atomic E-state index is -3.83. The number of carboxylic acid groups (broad SMARTS) is 1. The van der Waals surface area contributed by atoms with Gasteiger partial charge in [-0.1, -0.05) is 39.0 Å². The maximum atomic E-state index is 12.8. The van der Waals surface area contributed by atoms with Crippen molar-refractivity contribution < 1.29 is 46.2 Å². The summed E-state index contributed by atoms with van der Waals surface area (Å²) < 4.78 is 50.9. The summed E-state index contributed by atoms with van der Waals surface area (Å²) in [7, 11) is -0.557. The molecule has 0 spiro atoms. The van der Waals surface area contributed by atoms with E-state index in [1.54, 1.807) is 14.2 Å². The summed E-state index contributed by atoms with van der Waals surface area (Å²) in [6.07, 6.45) is 0.0665. The maximum Gasteiger partial charge on any atom is 0.407 e. The first kappa shape index (κ1) is 37.2. The fourth-order valence-electron chi connectivity index (χ4n) is 6.80. The molecule has 0 bridgehead atoms. The molecule has 0 aliphatic carbocycles. The number of nitrogens with one attached hydrogen (secondary N) is 1. The Bertz CT molecular complexity index is 1500. The number of nitrogens with zero attached hydrogens (tertiary/aromatic N) is 2. The second-order valence-corrected chi connectivity index (χ2v) is 15.0. The van der Waals surface area contributed by atoms with Gasteiger partial charge in [-0.05, 0) is 47.2 Å². The largest absolute Gasteiger partial charge is 0.497 e. The standard InChI is InChI=1S/C34H49N3O10S/c1-34(2,3)32-26(19-35-30(38)22-47-48(6,41)42)31(24-9-11-25(44-5)12-10-24)29(20-37(32)33(39)40)46-21-23-8-13-28-27(18-23)36(15-17-45-28)14-7-16-43-4/h8-13,18,26,29,31-32H,7,14-17,19-22H2,1-6H3,(H,35,38)(H,39,40)/t26-,29-,31-,32?/m0/s1. The van der Waals surface area contributed by atoms with E-state index in [4.69, 9.17) is 23.1 Å². The molecule has 0 saturated carbocycles. The van der Waals surface area contributed by atoms with Crippen LogP contribution in [0.5, 0.6) is 11.5 Å². The highest BCUT2D eigenvalue weighted by molar-refractivity contribution is 7.86. The monoisotopic (exact) mass is 691 g/mol. The summed E-state index contributed by atoms with van der Waals surface area (Å²) in [6, 6.07) is 13.0. The fraction of sp³-hybridized carbons (Fsp3) is 0.588. The van der Waals surface area contributed by atoms with Crippen molar-refractivity contribution in [1.29, 1.82) is 0 Å². The minimum absolute atomic E-state index is 0.0564. The summed E-state index contributed by atoms with van der Waals surface area (Å²) in [5.41, 5.74) is 2.25. The van der Waals surface area contributed by atoms with Crippen LogP contribution < -0.4 is 19.7 Å². The van der Waals surface area contributed by atoms with E-state index in [0.29, 0.717) is 19.0 Å². The molecule has 1 saturated heterocycles. The molecule has 48 heavy (non-hydrogen) atoms. The zero-order chi connectivity index (χ0) is 35.1. The average molecular weight is 692 g/mol. The van der Waals surface area contributed by atoms with Gasteiger partial charge in [-0.3, -0.25) is 8.98 Å². The number of carbonyl (C=O) groups is 2. The highest BCUT2D eigenvalue weighted by Gasteiger charge is 2.50. The van der Waals surface area contributed by atoms with Crippen LogP contribution in [0.2, 0.25) is 0 Å². The van der Waals surface area contributed by atoms with E-state index in [2.05, 4.69) is 16.3 Å². The lowest BCUT2D eigenvalue weighted by Crippen LogP contribution is -2.63. The SMILES string of the molecule is COCCCN1CCOc2ccc(CO[C@H]3CN(C(=O)O)C(C(C)(C)C)[C@@H](CNC(=O)COS(C)(=O)=O)[C@@H]3c3ccc(OC)cc3)cc21. The fourth-order valence-corrected chi connectivity index (χ4v) is 7.12. The van der Waals surface area contributed by atoms with Gasteiger partial charge in [0.05, 0.1) is 44.9 Å². The van der Waals surface area contributed by atoms with Gasteiger partial charge in [-0.2, -0.15) is 8.42 Å². The number of fused-ring (bicyclic) bond motifs is 1. The molecule has 14 heteroatoms. The van der Waals surface area contributed by atoms with Gasteiger partial charge in [0, 0.05) is 44.7 Å². The van der Waals surface area contributed by atoms with Gasteiger partial charge in [-0.15, -0.1) is 0 Å². The van der Waals surface area contributed by atoms with Crippen LogP contribution in [0.3, 0.4) is 0 Å². The Balaban J connectivity index is 1.67. The highest BCUT2D eigenvalue weighted by Crippen LogP contribution is 2.45. The molecule has 4 atom stereocenters. The summed E-state index contributed by atoms with van der Waals surface area (Å²) in [5.74, 6) is 0.0393. The minimum Gasteiger partial charge on any atom is -0.497 e. The predicted octanol–water partition coefficient (Wildman–Crippen LogP) is 3.72. The van der Waals surface area contributed by atoms with Crippen molar-refractivity contribution in [2.24, 2.45) is 11.3 Å². The number of amides is 2. The number of likely N-dealkylation sites (tertiary alicyclic amines) is 1. The second-order valence-electron chi connectivity index (χ2n) is 13.3. The molecule has 2 aliphatic heterocycles. The molecule has 2 aromatic rings. The molecule has 4 rings (SSSR count). The average Bonchev–Trinajstić information content (AvgIpc) is 3.04. The Hall–Kier alpha value is -3.59. The van der Waals surface area contributed by atoms with Crippen LogP contribution in [0.1, 0.15) is 44.2 Å². The Labute approximate surface area is 283 Å². The van der Waals surface area contributed by atoms with Crippen LogP contribution in [-0.2, 0) is 35.2 Å². The molecular formula is C34H49N3O10S. The van der Waals surface area contributed by atoms with Crippen LogP contribution >= 0.6 is 0 Å². The number of carbonyl (C=O) groups excluding carboxylic acids is 1. The number of piperidine rings is 1. The zero-order valence-corrected chi connectivity index (χ0v) is 29.5. The molecule has 2 aromatic carbocycles. The van der Waals surface area contributed by atoms with Crippen molar-refractivity contribution in [3.63, 3.8) is 0 Å². The smallest absolute Gasteiger partial charge is 0.407 e. The first-order valence-corrected chi connectivity index (χ1v) is 17.9. The molecular weight excluding hydrogens is 642 g/mol. The van der Waals surface area contributed by atoms with Crippen molar-refractivity contribution in [3.8, 4) is 11.5 Å². The van der Waals surface area contributed by atoms with Crippen LogP contribution in [-0.4, -0.2) is 109 Å². The number of ether oxygens (including phenoxy) is 4. The molecule has 2 amide bonds. The Kier molecular flexibility index (Phi) is 12.6. The number of hydrogen-bond donors (Lipinski definition) is 2. The zero-order valence-electron chi connectivity index (χ0n) is 28.6. The second kappa shape index (κ2) is 16.2. The van der Waals surface area contributed by atoms with E-state index in [9.17, 15) is 23.1 Å². The van der Waals surface area contributed by atoms with Crippen LogP contribution in [0.15, 0.2) is 42.5 Å². The number of hydrogen-bond acceptors (Lipinski definition) is 10. The van der Waals surface area contributed by atoms with Crippen LogP contribution in [0.25, 0.3) is 0 Å². The van der Waals surface area contributed by atoms with Gasteiger partial charge in [-0.25, -0.2) is 4.79 Å². The lowest BCUT2D eigenvalue weighted by molar-refractivity contribution is -0.124. The molecule has 1 unspecified atom stereocenters. The highest BCUT2D eigenvalue weighted by atomic mass is 32.2. The van der Waals surface area contributed by atoms with Gasteiger partial charge in [0.1, 0.15) is 24.7 Å². The lowest BCUT2D eigenvalue weighted by Gasteiger charge is -2.53. The third kappa shape index (κ3) is 9.74. The number of anilines is 1. The molecule has 266 valence electrons. The molecule has 2 N–H and O–H groups in total. The van der Waals surface area contributed by atoms with E-state index < -0.39 is 52.2 Å².